The molecule has 0 saturated carbocycles. The number of hydrogen-bond donors (Lipinski definition) is 3. The van der Waals surface area contributed by atoms with Gasteiger partial charge in [-0.1, -0.05) is 12.1 Å². The first-order valence-electron chi connectivity index (χ1n) is 6.05. The van der Waals surface area contributed by atoms with Gasteiger partial charge in [0.2, 0.25) is 5.91 Å². The zero-order valence-electron chi connectivity index (χ0n) is 10.6. The maximum atomic E-state index is 11.7. The monoisotopic (exact) mass is 290 g/mol. The molecule has 2 aromatic rings. The molecule has 6 heteroatoms. The predicted octanol–water partition coefficient (Wildman–Crippen LogP) is 1.85. The van der Waals surface area contributed by atoms with Crippen molar-refractivity contribution in [1.29, 1.82) is 0 Å². The van der Waals surface area contributed by atoms with Crippen LogP contribution in [0, 0.1) is 0 Å². The van der Waals surface area contributed by atoms with Crippen molar-refractivity contribution in [2.45, 2.75) is 12.8 Å². The van der Waals surface area contributed by atoms with Crippen LogP contribution in [0.5, 0.6) is 5.75 Å². The highest BCUT2D eigenvalue weighted by molar-refractivity contribution is 7.07. The number of nitrogens with one attached hydrogen (secondary N) is 2. The second kappa shape index (κ2) is 6.72. The smallest absolute Gasteiger partial charge is 0.273 e. The summed E-state index contributed by atoms with van der Waals surface area (Å²) in [4.78, 5) is 23.3. The van der Waals surface area contributed by atoms with Gasteiger partial charge >= 0.3 is 0 Å². The van der Waals surface area contributed by atoms with Crippen molar-refractivity contribution in [1.82, 2.24) is 10.9 Å². The van der Waals surface area contributed by atoms with Gasteiger partial charge in [0.1, 0.15) is 5.75 Å². The molecule has 0 aliphatic heterocycles. The third-order valence-corrected chi connectivity index (χ3v) is 3.42. The van der Waals surface area contributed by atoms with Crippen LogP contribution >= 0.6 is 11.3 Å². The van der Waals surface area contributed by atoms with Gasteiger partial charge in [-0.2, -0.15) is 11.3 Å². The van der Waals surface area contributed by atoms with E-state index in [1.165, 1.54) is 12.1 Å². The summed E-state index contributed by atoms with van der Waals surface area (Å²) in [7, 11) is 0. The lowest BCUT2D eigenvalue weighted by Gasteiger charge is -2.08. The van der Waals surface area contributed by atoms with E-state index < -0.39 is 5.91 Å². The summed E-state index contributed by atoms with van der Waals surface area (Å²) in [5.41, 5.74) is 5.81. The molecule has 0 bridgehead atoms. The van der Waals surface area contributed by atoms with E-state index in [-0.39, 0.29) is 23.6 Å². The van der Waals surface area contributed by atoms with Gasteiger partial charge in [-0.25, -0.2) is 0 Å². The normalized spacial score (nSPS) is 10.0. The Balaban J connectivity index is 1.78. The van der Waals surface area contributed by atoms with Crippen LogP contribution in [-0.4, -0.2) is 16.9 Å². The molecule has 20 heavy (non-hydrogen) atoms. The number of thiophene rings is 1. The molecule has 0 aliphatic rings. The summed E-state index contributed by atoms with van der Waals surface area (Å²) in [6, 6.07) is 8.09. The van der Waals surface area contributed by atoms with Crippen molar-refractivity contribution in [3.05, 3.63) is 52.2 Å². The van der Waals surface area contributed by atoms with Crippen LogP contribution in [0.25, 0.3) is 0 Å². The molecule has 104 valence electrons. The number of phenols is 1. The molecule has 0 atom stereocenters. The fraction of sp³-hybridized carbons (Fsp3) is 0.143. The minimum absolute atomic E-state index is 0.116. The van der Waals surface area contributed by atoms with Crippen molar-refractivity contribution < 1.29 is 14.7 Å². The second-order valence-electron chi connectivity index (χ2n) is 4.15. The van der Waals surface area contributed by atoms with Crippen LogP contribution in [0.3, 0.4) is 0 Å². The standard InChI is InChI=1S/C14H14N2O3S/c17-12-4-2-1-3-11(12)14(19)16-15-13(18)6-5-10-7-8-20-9-10/h1-4,7-9,17H,5-6H2,(H,15,18)(H,16,19). The van der Waals surface area contributed by atoms with E-state index >= 15 is 0 Å². The number of benzene rings is 1. The fourth-order valence-electron chi connectivity index (χ4n) is 1.61. The number of rotatable bonds is 4. The van der Waals surface area contributed by atoms with Crippen LogP contribution in [-0.2, 0) is 11.2 Å². The third-order valence-electron chi connectivity index (χ3n) is 2.68. The van der Waals surface area contributed by atoms with Gasteiger partial charge in [0.15, 0.2) is 0 Å². The summed E-state index contributed by atoms with van der Waals surface area (Å²) in [6.45, 7) is 0. The lowest BCUT2D eigenvalue weighted by atomic mass is 10.2. The number of carbonyl (C=O) groups excluding carboxylic acids is 2. The maximum absolute atomic E-state index is 11.7. The quantitative estimate of drug-likeness (QED) is 0.752. The zero-order valence-corrected chi connectivity index (χ0v) is 11.4. The molecule has 1 heterocycles. The first-order valence-corrected chi connectivity index (χ1v) is 6.99. The summed E-state index contributed by atoms with van der Waals surface area (Å²) in [6.07, 6.45) is 0.916. The lowest BCUT2D eigenvalue weighted by molar-refractivity contribution is -0.121. The predicted molar refractivity (Wildman–Crippen MR) is 76.4 cm³/mol. The van der Waals surface area contributed by atoms with Gasteiger partial charge in [0, 0.05) is 6.42 Å². The van der Waals surface area contributed by atoms with Crippen LogP contribution < -0.4 is 10.9 Å². The molecule has 1 aromatic carbocycles. The van der Waals surface area contributed by atoms with Gasteiger partial charge < -0.3 is 5.11 Å². The summed E-state index contributed by atoms with van der Waals surface area (Å²) in [5.74, 6) is -0.954. The van der Waals surface area contributed by atoms with Gasteiger partial charge in [0.25, 0.3) is 5.91 Å². The lowest BCUT2D eigenvalue weighted by Crippen LogP contribution is -2.41. The minimum Gasteiger partial charge on any atom is -0.507 e. The number of amides is 2. The minimum atomic E-state index is -0.549. The first-order chi connectivity index (χ1) is 9.66. The van der Waals surface area contributed by atoms with E-state index in [0.717, 1.165) is 5.56 Å². The molecular weight excluding hydrogens is 276 g/mol. The molecule has 5 nitrogen and oxygen atoms in total. The first kappa shape index (κ1) is 14.1. The topological polar surface area (TPSA) is 78.4 Å². The Morgan fingerprint density at radius 1 is 1.15 bits per heavy atom. The van der Waals surface area contributed by atoms with Crippen molar-refractivity contribution in [3.8, 4) is 5.75 Å². The maximum Gasteiger partial charge on any atom is 0.273 e. The molecule has 0 radical (unpaired) electrons. The summed E-state index contributed by atoms with van der Waals surface area (Å²) < 4.78 is 0. The highest BCUT2D eigenvalue weighted by atomic mass is 32.1. The number of hydrogen-bond acceptors (Lipinski definition) is 4. The highest BCUT2D eigenvalue weighted by Crippen LogP contribution is 2.14. The van der Waals surface area contributed by atoms with Gasteiger partial charge in [-0.3, -0.25) is 20.4 Å². The van der Waals surface area contributed by atoms with Crippen LogP contribution in [0.4, 0.5) is 0 Å². The van der Waals surface area contributed by atoms with Gasteiger partial charge in [-0.05, 0) is 40.9 Å². The molecule has 2 amide bonds. The Morgan fingerprint density at radius 2 is 1.95 bits per heavy atom. The van der Waals surface area contributed by atoms with Crippen molar-refractivity contribution in [2.24, 2.45) is 0 Å². The number of para-hydroxylation sites is 1. The van der Waals surface area contributed by atoms with Gasteiger partial charge in [-0.15, -0.1) is 0 Å². The SMILES string of the molecule is O=C(CCc1ccsc1)NNC(=O)c1ccccc1O. The number of phenolic OH excluding ortho intramolecular Hbond substituents is 1. The summed E-state index contributed by atoms with van der Waals surface area (Å²) in [5, 5.41) is 13.4. The molecule has 0 aliphatic carbocycles. The van der Waals surface area contributed by atoms with E-state index in [9.17, 15) is 14.7 Å². The Bertz CT molecular complexity index is 596. The van der Waals surface area contributed by atoms with E-state index in [0.29, 0.717) is 6.42 Å². The van der Waals surface area contributed by atoms with E-state index in [1.807, 2.05) is 16.8 Å². The van der Waals surface area contributed by atoms with Crippen molar-refractivity contribution in [3.63, 3.8) is 0 Å². The zero-order chi connectivity index (χ0) is 14.4. The third kappa shape index (κ3) is 3.83. The molecule has 3 N–H and O–H groups in total. The van der Waals surface area contributed by atoms with E-state index in [2.05, 4.69) is 10.9 Å². The molecule has 1 aromatic heterocycles. The van der Waals surface area contributed by atoms with E-state index in [4.69, 9.17) is 0 Å². The number of aromatic hydroxyl groups is 1. The van der Waals surface area contributed by atoms with Crippen LogP contribution in [0.1, 0.15) is 22.3 Å². The molecule has 0 fully saturated rings. The highest BCUT2D eigenvalue weighted by Gasteiger charge is 2.11. The molecule has 2 rings (SSSR count). The Morgan fingerprint density at radius 3 is 2.65 bits per heavy atom. The Kier molecular flexibility index (Phi) is 4.73. The number of aryl methyl sites for hydroxylation is 1. The molecule has 0 spiro atoms. The van der Waals surface area contributed by atoms with Gasteiger partial charge in [0.05, 0.1) is 5.56 Å². The number of hydrazine groups is 1. The van der Waals surface area contributed by atoms with Crippen LogP contribution in [0.15, 0.2) is 41.1 Å². The van der Waals surface area contributed by atoms with E-state index in [1.54, 1.807) is 23.5 Å². The summed E-state index contributed by atoms with van der Waals surface area (Å²) >= 11 is 1.58. The Hall–Kier alpha value is -2.34. The number of carbonyl (C=O) groups is 2. The average molecular weight is 290 g/mol. The van der Waals surface area contributed by atoms with Crippen molar-refractivity contribution in [2.75, 3.05) is 0 Å². The van der Waals surface area contributed by atoms with Crippen molar-refractivity contribution >= 4 is 23.2 Å². The van der Waals surface area contributed by atoms with Crippen LogP contribution in [0.2, 0.25) is 0 Å². The largest absolute Gasteiger partial charge is 0.507 e. The molecule has 0 unspecified atom stereocenters. The average Bonchev–Trinajstić information content (AvgIpc) is 2.96. The Labute approximate surface area is 120 Å². The molecule has 0 saturated heterocycles. The fourth-order valence-corrected chi connectivity index (χ4v) is 2.32. The molecular formula is C14H14N2O3S. The second-order valence-corrected chi connectivity index (χ2v) is 4.93.